The van der Waals surface area contributed by atoms with Gasteiger partial charge in [0.15, 0.2) is 6.29 Å². The van der Waals surface area contributed by atoms with Crippen molar-refractivity contribution in [2.75, 3.05) is 6.61 Å². The van der Waals surface area contributed by atoms with E-state index >= 15 is 0 Å². The maximum atomic E-state index is 10.6. The smallest absolute Gasteiger partial charge is 0.303 e. The monoisotopic (exact) mass is 475 g/mol. The Bertz CT molecular complexity index is 919. The molecule has 180 valence electrons. The number of para-hydroxylation sites is 1. The molecule has 2 aromatic carbocycles. The molecule has 0 radical (unpaired) electrons. The standard InChI is InChI=1S/C22H23ClO5.C4H11N/c23-18-11-6-4-9-16(18)22-27-14-15(8-2-1-3-13-20(25)26)21(28-22)17-10-5-7-12-19(17)24;1-4(2,3)5/h1-2,4-7,9-12,15,21-22,24H,3,8,13-14H2,(H,25,26);5H2,1-3H3/t15-,21+,22+;/m1./s1. The van der Waals surface area contributed by atoms with E-state index in [9.17, 15) is 9.90 Å². The van der Waals surface area contributed by atoms with Crippen molar-refractivity contribution < 1.29 is 24.5 Å². The number of halogens is 1. The minimum atomic E-state index is -0.816. The molecule has 0 aliphatic carbocycles. The number of aliphatic carboxylic acids is 1. The highest BCUT2D eigenvalue weighted by atomic mass is 35.5. The third kappa shape index (κ3) is 9.56. The lowest BCUT2D eigenvalue weighted by atomic mass is 9.91. The van der Waals surface area contributed by atoms with Gasteiger partial charge in [0.05, 0.1) is 12.7 Å². The molecule has 4 N–H and O–H groups in total. The number of allylic oxidation sites excluding steroid dienone is 2. The van der Waals surface area contributed by atoms with Crippen LogP contribution < -0.4 is 5.73 Å². The third-order valence-electron chi connectivity index (χ3n) is 4.69. The number of ether oxygens (including phenoxy) is 2. The highest BCUT2D eigenvalue weighted by Gasteiger charge is 2.35. The van der Waals surface area contributed by atoms with Gasteiger partial charge in [-0.05, 0) is 45.7 Å². The summed E-state index contributed by atoms with van der Waals surface area (Å²) in [6, 6.07) is 14.5. The maximum Gasteiger partial charge on any atom is 0.303 e. The number of benzene rings is 2. The first-order chi connectivity index (χ1) is 15.6. The van der Waals surface area contributed by atoms with Gasteiger partial charge in [-0.1, -0.05) is 60.2 Å². The van der Waals surface area contributed by atoms with Crippen LogP contribution in [-0.2, 0) is 14.3 Å². The van der Waals surface area contributed by atoms with Gasteiger partial charge >= 0.3 is 5.97 Å². The molecule has 1 fully saturated rings. The van der Waals surface area contributed by atoms with Gasteiger partial charge in [-0.2, -0.15) is 0 Å². The molecular weight excluding hydrogens is 442 g/mol. The van der Waals surface area contributed by atoms with Crippen LogP contribution >= 0.6 is 11.6 Å². The number of carbonyl (C=O) groups is 1. The van der Waals surface area contributed by atoms with Crippen molar-refractivity contribution in [3.05, 3.63) is 76.8 Å². The Hall–Kier alpha value is -2.38. The summed E-state index contributed by atoms with van der Waals surface area (Å²) in [5.74, 6) is -0.663. The van der Waals surface area contributed by atoms with Crippen LogP contribution in [-0.4, -0.2) is 28.3 Å². The molecule has 1 saturated heterocycles. The van der Waals surface area contributed by atoms with Crippen molar-refractivity contribution in [1.82, 2.24) is 0 Å². The number of nitrogens with two attached hydrogens (primary N) is 1. The van der Waals surface area contributed by atoms with Crippen LogP contribution in [0.2, 0.25) is 5.02 Å². The van der Waals surface area contributed by atoms with Crippen LogP contribution in [0.5, 0.6) is 5.75 Å². The summed E-state index contributed by atoms with van der Waals surface area (Å²) >= 11 is 6.29. The lowest BCUT2D eigenvalue weighted by Crippen LogP contribution is -2.30. The molecule has 1 aliphatic rings. The number of hydrogen-bond acceptors (Lipinski definition) is 5. The van der Waals surface area contributed by atoms with Gasteiger partial charge in [-0.15, -0.1) is 0 Å². The van der Waals surface area contributed by atoms with Crippen molar-refractivity contribution in [2.24, 2.45) is 11.7 Å². The quantitative estimate of drug-likeness (QED) is 0.424. The van der Waals surface area contributed by atoms with E-state index in [1.807, 2.05) is 63.3 Å². The SMILES string of the molecule is CC(C)(C)N.O=C(O)CCC=CC[C@@H]1CO[C@H](c2ccccc2Cl)O[C@@H]1c1ccccc1O. The van der Waals surface area contributed by atoms with Crippen LogP contribution in [0.1, 0.15) is 63.6 Å². The highest BCUT2D eigenvalue weighted by molar-refractivity contribution is 6.31. The fourth-order valence-corrected chi connectivity index (χ4v) is 3.48. The molecule has 3 atom stereocenters. The summed E-state index contributed by atoms with van der Waals surface area (Å²) in [5, 5.41) is 19.6. The first kappa shape index (κ1) is 26.9. The molecule has 0 unspecified atom stereocenters. The maximum absolute atomic E-state index is 10.6. The van der Waals surface area contributed by atoms with E-state index in [1.165, 1.54) is 0 Å². The van der Waals surface area contributed by atoms with Crippen molar-refractivity contribution in [3.63, 3.8) is 0 Å². The van der Waals surface area contributed by atoms with Gasteiger partial charge in [0.2, 0.25) is 0 Å². The Balaban J connectivity index is 0.000000696. The van der Waals surface area contributed by atoms with E-state index in [2.05, 4.69) is 0 Å². The summed E-state index contributed by atoms with van der Waals surface area (Å²) in [7, 11) is 0. The zero-order chi connectivity index (χ0) is 24.4. The van der Waals surface area contributed by atoms with Gasteiger partial charge in [0.1, 0.15) is 5.75 Å². The Morgan fingerprint density at radius 1 is 1.12 bits per heavy atom. The minimum Gasteiger partial charge on any atom is -0.508 e. The van der Waals surface area contributed by atoms with Crippen LogP contribution in [0.4, 0.5) is 0 Å². The number of aromatic hydroxyl groups is 1. The van der Waals surface area contributed by atoms with Gasteiger partial charge in [-0.3, -0.25) is 4.79 Å². The fraction of sp³-hybridized carbons (Fsp3) is 0.423. The van der Waals surface area contributed by atoms with E-state index in [1.54, 1.807) is 18.2 Å². The average Bonchev–Trinajstić information content (AvgIpc) is 2.73. The molecule has 6 nitrogen and oxygen atoms in total. The molecule has 0 amide bonds. The summed E-state index contributed by atoms with van der Waals surface area (Å²) in [6.45, 7) is 6.32. The van der Waals surface area contributed by atoms with Crippen molar-refractivity contribution in [2.45, 2.75) is 58.0 Å². The number of phenols is 1. The number of carboxylic acid groups (broad SMARTS) is 1. The first-order valence-corrected chi connectivity index (χ1v) is 11.4. The van der Waals surface area contributed by atoms with E-state index in [-0.39, 0.29) is 29.7 Å². The lowest BCUT2D eigenvalue weighted by Gasteiger charge is -2.37. The Morgan fingerprint density at radius 2 is 1.73 bits per heavy atom. The molecule has 0 aromatic heterocycles. The first-order valence-electron chi connectivity index (χ1n) is 11.0. The Kier molecular flexibility index (Phi) is 10.4. The van der Waals surface area contributed by atoms with Crippen LogP contribution in [0.3, 0.4) is 0 Å². The third-order valence-corrected chi connectivity index (χ3v) is 5.04. The van der Waals surface area contributed by atoms with E-state index in [0.717, 1.165) is 5.56 Å². The summed E-state index contributed by atoms with van der Waals surface area (Å²) in [6.07, 6.45) is 4.04. The number of rotatable bonds is 7. The molecule has 33 heavy (non-hydrogen) atoms. The van der Waals surface area contributed by atoms with Crippen LogP contribution in [0.25, 0.3) is 0 Å². The minimum absolute atomic E-state index is 0. The van der Waals surface area contributed by atoms with E-state index in [4.69, 9.17) is 31.9 Å². The molecule has 1 heterocycles. The number of phenolic OH excluding ortho intramolecular Hbond substituents is 1. The van der Waals surface area contributed by atoms with Crippen LogP contribution in [0, 0.1) is 5.92 Å². The summed E-state index contributed by atoms with van der Waals surface area (Å²) < 4.78 is 12.2. The zero-order valence-corrected chi connectivity index (χ0v) is 20.2. The predicted molar refractivity (Wildman–Crippen MR) is 130 cm³/mol. The predicted octanol–water partition coefficient (Wildman–Crippen LogP) is 6.00. The molecule has 7 heteroatoms. The Labute approximate surface area is 201 Å². The molecule has 0 saturated carbocycles. The molecule has 0 spiro atoms. The van der Waals surface area contributed by atoms with Gasteiger partial charge in [-0.25, -0.2) is 0 Å². The van der Waals surface area contributed by atoms with Crippen molar-refractivity contribution in [1.29, 1.82) is 0 Å². The Morgan fingerprint density at radius 3 is 2.33 bits per heavy atom. The van der Waals surface area contributed by atoms with Crippen molar-refractivity contribution in [3.8, 4) is 5.75 Å². The largest absolute Gasteiger partial charge is 0.508 e. The van der Waals surface area contributed by atoms with Gasteiger partial charge in [0, 0.05) is 34.0 Å². The molecule has 3 rings (SSSR count). The van der Waals surface area contributed by atoms with Gasteiger partial charge < -0.3 is 25.4 Å². The second-order valence-electron chi connectivity index (χ2n) is 9.07. The van der Waals surface area contributed by atoms with E-state index in [0.29, 0.717) is 30.0 Å². The van der Waals surface area contributed by atoms with Crippen LogP contribution in [0.15, 0.2) is 60.7 Å². The highest BCUT2D eigenvalue weighted by Crippen LogP contribution is 2.43. The topological polar surface area (TPSA) is 102 Å². The zero-order valence-electron chi connectivity index (χ0n) is 19.4. The lowest BCUT2D eigenvalue weighted by molar-refractivity contribution is -0.244. The van der Waals surface area contributed by atoms with Gasteiger partial charge in [0.25, 0.3) is 0 Å². The molecule has 2 aromatic rings. The molecule has 1 aliphatic heterocycles. The number of hydrogen-bond donors (Lipinski definition) is 3. The summed E-state index contributed by atoms with van der Waals surface area (Å²) in [5.41, 5.74) is 6.80. The second kappa shape index (κ2) is 12.8. The van der Waals surface area contributed by atoms with E-state index < -0.39 is 12.3 Å². The second-order valence-corrected chi connectivity index (χ2v) is 9.48. The normalized spacial score (nSPS) is 20.8. The molecule has 0 bridgehead atoms. The fourth-order valence-electron chi connectivity index (χ4n) is 3.25. The molecular formula is C26H34ClNO5. The summed E-state index contributed by atoms with van der Waals surface area (Å²) in [4.78, 5) is 10.6. The number of carboxylic acids is 1. The average molecular weight is 476 g/mol. The van der Waals surface area contributed by atoms with Crippen molar-refractivity contribution >= 4 is 17.6 Å².